The van der Waals surface area contributed by atoms with Gasteiger partial charge >= 0.3 is 5.97 Å². The van der Waals surface area contributed by atoms with Crippen LogP contribution >= 0.6 is 27.3 Å². The number of halogens is 3. The third-order valence-electron chi connectivity index (χ3n) is 5.19. The maximum atomic E-state index is 13.9. The van der Waals surface area contributed by atoms with Crippen molar-refractivity contribution in [3.05, 3.63) is 61.9 Å². The first-order chi connectivity index (χ1) is 15.4. The molecular formula is C21H21BrF2N4O3S. The molecule has 2 aromatic rings. The number of ether oxygens (including phenoxy) is 1. The molecule has 2 aliphatic rings. The fourth-order valence-corrected chi connectivity index (χ4v) is 4.90. The van der Waals surface area contributed by atoms with Gasteiger partial charge in [0.05, 0.1) is 18.3 Å². The Labute approximate surface area is 195 Å². The van der Waals surface area contributed by atoms with E-state index in [2.05, 4.69) is 26.2 Å². The van der Waals surface area contributed by atoms with Gasteiger partial charge in [-0.25, -0.2) is 18.6 Å². The lowest BCUT2D eigenvalue weighted by atomic mass is 9.95. The quantitative estimate of drug-likeness (QED) is 0.562. The number of nitrogens with one attached hydrogen (secondary N) is 1. The highest BCUT2D eigenvalue weighted by atomic mass is 79.9. The fraction of sp³-hybridized carbons (Fsp3) is 0.381. The predicted octanol–water partition coefficient (Wildman–Crippen LogP) is 2.97. The van der Waals surface area contributed by atoms with Crippen molar-refractivity contribution in [2.24, 2.45) is 4.99 Å². The first kappa shape index (κ1) is 23.0. The van der Waals surface area contributed by atoms with Gasteiger partial charge in [-0.2, -0.15) is 0 Å². The summed E-state index contributed by atoms with van der Waals surface area (Å²) < 4.78 is 33.5. The summed E-state index contributed by atoms with van der Waals surface area (Å²) in [6, 6.07) is 3.37. The van der Waals surface area contributed by atoms with Crippen LogP contribution in [-0.4, -0.2) is 65.3 Å². The minimum Gasteiger partial charge on any atom is -0.463 e. The molecular weight excluding hydrogens is 506 g/mol. The smallest absolute Gasteiger partial charge is 0.338 e. The van der Waals surface area contributed by atoms with Crippen LogP contribution in [-0.2, 0) is 9.53 Å². The number of likely N-dealkylation sites (tertiary alicyclic amines) is 1. The van der Waals surface area contributed by atoms with Gasteiger partial charge in [0, 0.05) is 41.4 Å². The normalized spacial score (nSPS) is 23.8. The average Bonchev–Trinajstić information content (AvgIpc) is 3.38. The topological polar surface area (TPSA) is 87.0 Å². The number of rotatable bonds is 6. The number of aliphatic hydroxyl groups excluding tert-OH is 1. The van der Waals surface area contributed by atoms with Crippen LogP contribution in [0.4, 0.5) is 8.78 Å². The molecule has 1 aromatic heterocycles. The lowest BCUT2D eigenvalue weighted by Crippen LogP contribution is -2.39. The van der Waals surface area contributed by atoms with Crippen molar-refractivity contribution >= 4 is 39.1 Å². The number of carbonyl (C=O) groups is 1. The lowest BCUT2D eigenvalue weighted by molar-refractivity contribution is -0.139. The molecule has 170 valence electrons. The largest absolute Gasteiger partial charge is 0.463 e. The van der Waals surface area contributed by atoms with Crippen molar-refractivity contribution in [1.82, 2.24) is 15.2 Å². The zero-order valence-electron chi connectivity index (χ0n) is 17.1. The zero-order chi connectivity index (χ0) is 22.8. The standard InChI is InChI=1S/C21H21BrF2N4O3S/c1-2-31-21(30)17-15(9-28-8-14(24)16(29)10-28)26-19(20-25-5-6-32-20)27-18(17)12-4-3-11(23)7-13(12)22/h3-7,14,16,18,29H,2,8-10H2,1H3,(H,26,27). The van der Waals surface area contributed by atoms with Gasteiger partial charge < -0.3 is 15.2 Å². The summed E-state index contributed by atoms with van der Waals surface area (Å²) in [7, 11) is 0. The maximum Gasteiger partial charge on any atom is 0.338 e. The van der Waals surface area contributed by atoms with Crippen LogP contribution in [0.5, 0.6) is 0 Å². The molecule has 0 saturated carbocycles. The van der Waals surface area contributed by atoms with E-state index in [-0.39, 0.29) is 31.8 Å². The Morgan fingerprint density at radius 3 is 2.88 bits per heavy atom. The van der Waals surface area contributed by atoms with Crippen molar-refractivity contribution in [3.8, 4) is 0 Å². The Morgan fingerprint density at radius 2 is 2.25 bits per heavy atom. The summed E-state index contributed by atoms with van der Waals surface area (Å²) in [5.74, 6) is -0.559. The molecule has 0 radical (unpaired) electrons. The first-order valence-corrected chi connectivity index (χ1v) is 11.7. The molecule has 0 aliphatic carbocycles. The number of nitrogens with zero attached hydrogens (tertiary/aromatic N) is 3. The number of thiazole rings is 1. The Morgan fingerprint density at radius 1 is 1.44 bits per heavy atom. The number of aliphatic hydroxyl groups is 1. The second-order valence-electron chi connectivity index (χ2n) is 7.40. The van der Waals surface area contributed by atoms with Crippen LogP contribution < -0.4 is 5.32 Å². The van der Waals surface area contributed by atoms with E-state index in [1.165, 1.54) is 23.5 Å². The van der Waals surface area contributed by atoms with Crippen molar-refractivity contribution in [3.63, 3.8) is 0 Å². The summed E-state index contributed by atoms with van der Waals surface area (Å²) in [6.45, 7) is 2.20. The number of benzene rings is 1. The van der Waals surface area contributed by atoms with E-state index >= 15 is 0 Å². The monoisotopic (exact) mass is 526 g/mol. The van der Waals surface area contributed by atoms with E-state index < -0.39 is 30.1 Å². The van der Waals surface area contributed by atoms with Crippen LogP contribution in [0.15, 0.2) is 50.5 Å². The van der Waals surface area contributed by atoms with Crippen LogP contribution in [0, 0.1) is 5.82 Å². The Hall–Kier alpha value is -2.21. The highest BCUT2D eigenvalue weighted by molar-refractivity contribution is 9.10. The first-order valence-electron chi connectivity index (χ1n) is 10.0. The minimum atomic E-state index is -1.36. The van der Waals surface area contributed by atoms with E-state index in [0.717, 1.165) is 0 Å². The second kappa shape index (κ2) is 9.74. The van der Waals surface area contributed by atoms with E-state index in [4.69, 9.17) is 9.73 Å². The molecule has 0 bridgehead atoms. The van der Waals surface area contributed by atoms with Crippen molar-refractivity contribution in [1.29, 1.82) is 0 Å². The average molecular weight is 527 g/mol. The van der Waals surface area contributed by atoms with Crippen LogP contribution in [0.3, 0.4) is 0 Å². The third-order valence-corrected chi connectivity index (χ3v) is 6.66. The molecule has 4 rings (SSSR count). The summed E-state index contributed by atoms with van der Waals surface area (Å²) in [5, 5.41) is 15.4. The predicted molar refractivity (Wildman–Crippen MR) is 120 cm³/mol. The minimum absolute atomic E-state index is 0.0388. The van der Waals surface area contributed by atoms with Gasteiger partial charge in [-0.15, -0.1) is 11.3 Å². The number of hydrogen-bond donors (Lipinski definition) is 2. The number of carbonyl (C=O) groups excluding carboxylic acids is 1. The fourth-order valence-electron chi connectivity index (χ4n) is 3.74. The number of amidine groups is 1. The summed E-state index contributed by atoms with van der Waals surface area (Å²) in [4.78, 5) is 23.8. The van der Waals surface area contributed by atoms with Crippen molar-refractivity contribution in [2.45, 2.75) is 25.2 Å². The SMILES string of the molecule is CCOC(=O)C1=C(CN2CC(O)C(F)C2)NC(c2nccs2)=NC1c1ccc(F)cc1Br. The molecule has 11 heteroatoms. The summed E-state index contributed by atoms with van der Waals surface area (Å²) in [6.07, 6.45) is -0.805. The lowest BCUT2D eigenvalue weighted by Gasteiger charge is -2.29. The third kappa shape index (κ3) is 4.75. The van der Waals surface area contributed by atoms with E-state index in [0.29, 0.717) is 26.6 Å². The van der Waals surface area contributed by atoms with Gasteiger partial charge in [0.25, 0.3) is 0 Å². The van der Waals surface area contributed by atoms with E-state index in [1.807, 2.05) is 0 Å². The highest BCUT2D eigenvalue weighted by Crippen LogP contribution is 2.37. The van der Waals surface area contributed by atoms with E-state index in [9.17, 15) is 18.7 Å². The second-order valence-corrected chi connectivity index (χ2v) is 9.15. The Bertz CT molecular complexity index is 1050. The summed E-state index contributed by atoms with van der Waals surface area (Å²) in [5.41, 5.74) is 1.30. The number of hydrogen-bond acceptors (Lipinski definition) is 8. The molecule has 1 aromatic carbocycles. The number of β-amino-alcohol motifs (C(OH)–C–C–N with tert-alkyl or cyclic N) is 1. The van der Waals surface area contributed by atoms with Crippen LogP contribution in [0.25, 0.3) is 0 Å². The van der Waals surface area contributed by atoms with Crippen molar-refractivity contribution < 1.29 is 23.4 Å². The van der Waals surface area contributed by atoms with Crippen molar-refractivity contribution in [2.75, 3.05) is 26.2 Å². The number of alkyl halides is 1. The molecule has 3 atom stereocenters. The molecule has 7 nitrogen and oxygen atoms in total. The van der Waals surface area contributed by atoms with Crippen LogP contribution in [0.1, 0.15) is 23.5 Å². The molecule has 1 fully saturated rings. The Kier molecular flexibility index (Phi) is 6.99. The van der Waals surface area contributed by atoms with Gasteiger partial charge in [0.2, 0.25) is 0 Å². The molecule has 1 saturated heterocycles. The number of aromatic nitrogens is 1. The molecule has 2 N–H and O–H groups in total. The molecule has 3 heterocycles. The van der Waals surface area contributed by atoms with Gasteiger partial charge in [-0.05, 0) is 24.6 Å². The molecule has 0 amide bonds. The highest BCUT2D eigenvalue weighted by Gasteiger charge is 2.37. The van der Waals surface area contributed by atoms with Crippen LogP contribution in [0.2, 0.25) is 0 Å². The number of esters is 1. The van der Waals surface area contributed by atoms with Gasteiger partial charge in [0.1, 0.15) is 18.0 Å². The Balaban J connectivity index is 1.81. The van der Waals surface area contributed by atoms with Gasteiger partial charge in [-0.1, -0.05) is 22.0 Å². The summed E-state index contributed by atoms with van der Waals surface area (Å²) >= 11 is 4.75. The number of aliphatic imine (C=N–C) groups is 1. The molecule has 3 unspecified atom stereocenters. The van der Waals surface area contributed by atoms with E-state index in [1.54, 1.807) is 29.5 Å². The van der Waals surface area contributed by atoms with Gasteiger partial charge in [0.15, 0.2) is 10.8 Å². The molecule has 0 spiro atoms. The zero-order valence-corrected chi connectivity index (χ0v) is 19.5. The molecule has 2 aliphatic heterocycles. The molecule has 32 heavy (non-hydrogen) atoms. The maximum absolute atomic E-state index is 13.9. The van der Waals surface area contributed by atoms with Gasteiger partial charge in [-0.3, -0.25) is 9.89 Å².